The van der Waals surface area contributed by atoms with Gasteiger partial charge in [-0.1, -0.05) is 6.07 Å². The lowest BCUT2D eigenvalue weighted by molar-refractivity contribution is -0.384. The Morgan fingerprint density at radius 2 is 2.23 bits per heavy atom. The minimum absolute atomic E-state index is 0.0300. The number of nitro groups is 1. The predicted octanol–water partition coefficient (Wildman–Crippen LogP) is 1.64. The zero-order chi connectivity index (χ0) is 9.84. The summed E-state index contributed by atoms with van der Waals surface area (Å²) < 4.78 is 0. The molecular formula is C9H9NO3. The Hall–Kier alpha value is -1.71. The van der Waals surface area contributed by atoms with Gasteiger partial charge < -0.3 is 4.79 Å². The highest BCUT2D eigenvalue weighted by Crippen LogP contribution is 2.16. The monoisotopic (exact) mass is 179 g/mol. The molecule has 1 aromatic carbocycles. The average Bonchev–Trinajstić information content (AvgIpc) is 2.08. The van der Waals surface area contributed by atoms with Gasteiger partial charge in [0.05, 0.1) is 4.92 Å². The van der Waals surface area contributed by atoms with E-state index >= 15 is 0 Å². The molecule has 0 atom stereocenters. The summed E-state index contributed by atoms with van der Waals surface area (Å²) in [6, 6.07) is 4.52. The predicted molar refractivity (Wildman–Crippen MR) is 47.6 cm³/mol. The highest BCUT2D eigenvalue weighted by molar-refractivity contribution is 5.57. The van der Waals surface area contributed by atoms with E-state index < -0.39 is 4.92 Å². The van der Waals surface area contributed by atoms with Crippen molar-refractivity contribution in [3.8, 4) is 0 Å². The molecule has 0 aliphatic heterocycles. The molecule has 1 rings (SSSR count). The summed E-state index contributed by atoms with van der Waals surface area (Å²) in [7, 11) is 0. The standard InChI is InChI=1S/C9H9NO3/c1-7-2-3-9(10(12)13)6-8(7)4-5-11/h2-3,5-6H,4H2,1H3. The van der Waals surface area contributed by atoms with Gasteiger partial charge in [-0.3, -0.25) is 10.1 Å². The summed E-state index contributed by atoms with van der Waals surface area (Å²) in [5, 5.41) is 10.4. The number of hydrogen-bond donors (Lipinski definition) is 0. The molecule has 0 amide bonds. The lowest BCUT2D eigenvalue weighted by Gasteiger charge is -2.00. The van der Waals surface area contributed by atoms with Crippen LogP contribution in [-0.4, -0.2) is 11.2 Å². The number of aldehydes is 1. The fourth-order valence-electron chi connectivity index (χ4n) is 1.08. The SMILES string of the molecule is Cc1ccc([N+](=O)[O-])cc1CC=O. The van der Waals surface area contributed by atoms with Gasteiger partial charge >= 0.3 is 0 Å². The molecule has 0 aliphatic rings. The number of carbonyl (C=O) groups is 1. The van der Waals surface area contributed by atoms with Gasteiger partial charge in [0.15, 0.2) is 0 Å². The maximum absolute atomic E-state index is 10.4. The molecule has 0 radical (unpaired) electrons. The first kappa shape index (κ1) is 9.38. The maximum atomic E-state index is 10.4. The van der Waals surface area contributed by atoms with Gasteiger partial charge in [0.1, 0.15) is 6.29 Å². The number of rotatable bonds is 3. The van der Waals surface area contributed by atoms with Gasteiger partial charge in [-0.25, -0.2) is 0 Å². The Morgan fingerprint density at radius 3 is 2.77 bits per heavy atom. The minimum Gasteiger partial charge on any atom is -0.303 e. The van der Waals surface area contributed by atoms with Crippen LogP contribution in [0.3, 0.4) is 0 Å². The Balaban J connectivity index is 3.10. The summed E-state index contributed by atoms with van der Waals surface area (Å²) >= 11 is 0. The molecule has 4 nitrogen and oxygen atoms in total. The van der Waals surface area contributed by atoms with Crippen LogP contribution >= 0.6 is 0 Å². The molecule has 68 valence electrons. The molecule has 0 spiro atoms. The van der Waals surface area contributed by atoms with Crippen molar-refractivity contribution in [3.63, 3.8) is 0 Å². The van der Waals surface area contributed by atoms with Crippen LogP contribution in [0.4, 0.5) is 5.69 Å². The first-order chi connectivity index (χ1) is 6.15. The second-order valence-electron chi connectivity index (χ2n) is 2.74. The Kier molecular flexibility index (Phi) is 2.74. The smallest absolute Gasteiger partial charge is 0.269 e. The normalized spacial score (nSPS) is 9.62. The van der Waals surface area contributed by atoms with Crippen LogP contribution in [0, 0.1) is 17.0 Å². The summed E-state index contributed by atoms with van der Waals surface area (Å²) in [4.78, 5) is 20.2. The molecule has 0 saturated carbocycles. The van der Waals surface area contributed by atoms with Crippen LogP contribution in [0.2, 0.25) is 0 Å². The van der Waals surface area contributed by atoms with E-state index in [1.807, 2.05) is 6.92 Å². The average molecular weight is 179 g/mol. The highest BCUT2D eigenvalue weighted by Gasteiger charge is 2.07. The second-order valence-corrected chi connectivity index (χ2v) is 2.74. The number of hydrogen-bond acceptors (Lipinski definition) is 3. The van der Waals surface area contributed by atoms with Crippen LogP contribution in [0.15, 0.2) is 18.2 Å². The van der Waals surface area contributed by atoms with Crippen molar-refractivity contribution >= 4 is 12.0 Å². The quantitative estimate of drug-likeness (QED) is 0.402. The van der Waals surface area contributed by atoms with Crippen molar-refractivity contribution in [2.24, 2.45) is 0 Å². The van der Waals surface area contributed by atoms with Gasteiger partial charge in [-0.05, 0) is 18.1 Å². The molecule has 0 aliphatic carbocycles. The molecule has 0 aromatic heterocycles. The Morgan fingerprint density at radius 1 is 1.54 bits per heavy atom. The van der Waals surface area contributed by atoms with Gasteiger partial charge in [-0.2, -0.15) is 0 Å². The molecule has 0 bridgehead atoms. The third-order valence-electron chi connectivity index (χ3n) is 1.85. The molecule has 0 unspecified atom stereocenters. The number of non-ortho nitro benzene ring substituents is 1. The Bertz CT molecular complexity index is 347. The van der Waals surface area contributed by atoms with Crippen molar-refractivity contribution in [2.75, 3.05) is 0 Å². The zero-order valence-electron chi connectivity index (χ0n) is 7.19. The van der Waals surface area contributed by atoms with Crippen LogP contribution in [-0.2, 0) is 11.2 Å². The van der Waals surface area contributed by atoms with E-state index in [0.29, 0.717) is 5.56 Å². The van der Waals surface area contributed by atoms with E-state index in [2.05, 4.69) is 0 Å². The lowest BCUT2D eigenvalue weighted by atomic mass is 10.1. The van der Waals surface area contributed by atoms with E-state index in [1.165, 1.54) is 12.1 Å². The first-order valence-corrected chi connectivity index (χ1v) is 3.82. The third kappa shape index (κ3) is 2.11. The molecule has 0 N–H and O–H groups in total. The first-order valence-electron chi connectivity index (χ1n) is 3.82. The van der Waals surface area contributed by atoms with Crippen LogP contribution < -0.4 is 0 Å². The second kappa shape index (κ2) is 3.80. The molecule has 13 heavy (non-hydrogen) atoms. The maximum Gasteiger partial charge on any atom is 0.269 e. The fraction of sp³-hybridized carbons (Fsp3) is 0.222. The van der Waals surface area contributed by atoms with E-state index in [-0.39, 0.29) is 12.1 Å². The molecule has 0 fully saturated rings. The van der Waals surface area contributed by atoms with Crippen molar-refractivity contribution in [1.82, 2.24) is 0 Å². The molecule has 1 aromatic rings. The number of nitro benzene ring substituents is 1. The van der Waals surface area contributed by atoms with Crippen LogP contribution in [0.5, 0.6) is 0 Å². The van der Waals surface area contributed by atoms with E-state index in [9.17, 15) is 14.9 Å². The minimum atomic E-state index is -0.465. The molecule has 0 heterocycles. The van der Waals surface area contributed by atoms with E-state index in [0.717, 1.165) is 11.8 Å². The van der Waals surface area contributed by atoms with E-state index in [4.69, 9.17) is 0 Å². The number of aryl methyl sites for hydroxylation is 1. The summed E-state index contributed by atoms with van der Waals surface area (Å²) in [6.07, 6.45) is 0.972. The Labute approximate surface area is 75.3 Å². The van der Waals surface area contributed by atoms with Crippen molar-refractivity contribution in [2.45, 2.75) is 13.3 Å². The zero-order valence-corrected chi connectivity index (χ0v) is 7.19. The van der Waals surface area contributed by atoms with Crippen LogP contribution in [0.25, 0.3) is 0 Å². The highest BCUT2D eigenvalue weighted by atomic mass is 16.6. The van der Waals surface area contributed by atoms with Crippen LogP contribution in [0.1, 0.15) is 11.1 Å². The van der Waals surface area contributed by atoms with Gasteiger partial charge in [0, 0.05) is 18.6 Å². The summed E-state index contributed by atoms with van der Waals surface area (Å²) in [6.45, 7) is 1.82. The number of carbonyl (C=O) groups excluding carboxylic acids is 1. The van der Waals surface area contributed by atoms with Gasteiger partial charge in [0.2, 0.25) is 0 Å². The fourth-order valence-corrected chi connectivity index (χ4v) is 1.08. The number of nitrogens with zero attached hydrogens (tertiary/aromatic N) is 1. The largest absolute Gasteiger partial charge is 0.303 e. The van der Waals surface area contributed by atoms with Gasteiger partial charge in [0.25, 0.3) is 5.69 Å². The number of benzene rings is 1. The summed E-state index contributed by atoms with van der Waals surface area (Å²) in [5.41, 5.74) is 1.64. The third-order valence-corrected chi connectivity index (χ3v) is 1.85. The molecule has 0 saturated heterocycles. The lowest BCUT2D eigenvalue weighted by Crippen LogP contribution is -1.94. The van der Waals surface area contributed by atoms with Crippen molar-refractivity contribution in [3.05, 3.63) is 39.4 Å². The van der Waals surface area contributed by atoms with Crippen molar-refractivity contribution in [1.29, 1.82) is 0 Å². The molecule has 4 heteroatoms. The van der Waals surface area contributed by atoms with Gasteiger partial charge in [-0.15, -0.1) is 0 Å². The summed E-state index contributed by atoms with van der Waals surface area (Å²) in [5.74, 6) is 0. The molecular weight excluding hydrogens is 170 g/mol. The van der Waals surface area contributed by atoms with Crippen molar-refractivity contribution < 1.29 is 9.72 Å². The van der Waals surface area contributed by atoms with E-state index in [1.54, 1.807) is 6.07 Å². The topological polar surface area (TPSA) is 60.2 Å².